The van der Waals surface area contributed by atoms with Gasteiger partial charge in [0.15, 0.2) is 6.10 Å². The zero-order valence-corrected chi connectivity index (χ0v) is 17.6. The van der Waals surface area contributed by atoms with Crippen LogP contribution in [0.4, 0.5) is 11.4 Å². The van der Waals surface area contributed by atoms with Crippen molar-refractivity contribution in [1.29, 1.82) is 0 Å². The third-order valence-electron chi connectivity index (χ3n) is 5.96. The number of nitrogens with zero attached hydrogens (tertiary/aromatic N) is 2. The Balaban J connectivity index is 1.65. The Morgan fingerprint density at radius 3 is 2.30 bits per heavy atom. The maximum Gasteiger partial charge on any atom is 0.336 e. The average molecular weight is 444 g/mol. The SMILES string of the molecule is COc1ccccc1N1C(=O)[C@H]2[C@H](ON(c3ccccc3)[C@@H]2c2ccccc2C(=O)O)C1=O. The number of carbonyl (C=O) groups is 3. The molecule has 2 saturated heterocycles. The van der Waals surface area contributed by atoms with Crippen molar-refractivity contribution in [2.24, 2.45) is 5.92 Å². The number of benzene rings is 3. The van der Waals surface area contributed by atoms with Crippen molar-refractivity contribution in [3.63, 3.8) is 0 Å². The lowest BCUT2D eigenvalue weighted by Gasteiger charge is -2.29. The molecule has 3 atom stereocenters. The topological polar surface area (TPSA) is 96.4 Å². The summed E-state index contributed by atoms with van der Waals surface area (Å²) in [5.41, 5.74) is 1.37. The van der Waals surface area contributed by atoms with Crippen LogP contribution in [0.25, 0.3) is 0 Å². The molecule has 2 amide bonds. The van der Waals surface area contributed by atoms with Crippen LogP contribution >= 0.6 is 0 Å². The van der Waals surface area contributed by atoms with Gasteiger partial charge < -0.3 is 9.84 Å². The smallest absolute Gasteiger partial charge is 0.336 e. The summed E-state index contributed by atoms with van der Waals surface area (Å²) in [4.78, 5) is 46.3. The molecule has 2 aliphatic heterocycles. The van der Waals surface area contributed by atoms with E-state index in [0.717, 1.165) is 4.90 Å². The number of carbonyl (C=O) groups excluding carboxylic acids is 2. The summed E-state index contributed by atoms with van der Waals surface area (Å²) in [7, 11) is 1.46. The van der Waals surface area contributed by atoms with Crippen molar-refractivity contribution < 1.29 is 29.1 Å². The van der Waals surface area contributed by atoms with Crippen LogP contribution in [0, 0.1) is 5.92 Å². The van der Waals surface area contributed by atoms with Crippen LogP contribution in [0.2, 0.25) is 0 Å². The number of amides is 2. The van der Waals surface area contributed by atoms with E-state index in [1.54, 1.807) is 66.7 Å². The minimum Gasteiger partial charge on any atom is -0.495 e. The molecule has 166 valence electrons. The van der Waals surface area contributed by atoms with Crippen molar-refractivity contribution in [2.75, 3.05) is 17.1 Å². The Bertz CT molecular complexity index is 1240. The molecule has 8 nitrogen and oxygen atoms in total. The molecule has 3 aromatic rings. The predicted octanol–water partition coefficient (Wildman–Crippen LogP) is 3.44. The molecule has 0 radical (unpaired) electrons. The Kier molecular flexibility index (Phi) is 5.07. The Labute approximate surface area is 189 Å². The maximum atomic E-state index is 13.7. The molecule has 0 bridgehead atoms. The van der Waals surface area contributed by atoms with Gasteiger partial charge in [0.2, 0.25) is 5.91 Å². The maximum absolute atomic E-state index is 13.7. The van der Waals surface area contributed by atoms with E-state index >= 15 is 0 Å². The van der Waals surface area contributed by atoms with Crippen molar-refractivity contribution in [3.8, 4) is 5.75 Å². The van der Waals surface area contributed by atoms with Crippen LogP contribution < -0.4 is 14.7 Å². The molecule has 2 aliphatic rings. The van der Waals surface area contributed by atoms with Gasteiger partial charge in [-0.2, -0.15) is 0 Å². The van der Waals surface area contributed by atoms with Gasteiger partial charge in [0.1, 0.15) is 11.7 Å². The van der Waals surface area contributed by atoms with Crippen LogP contribution in [0.1, 0.15) is 22.0 Å². The monoisotopic (exact) mass is 444 g/mol. The number of carboxylic acids is 1. The highest BCUT2D eigenvalue weighted by molar-refractivity contribution is 6.24. The van der Waals surface area contributed by atoms with Crippen molar-refractivity contribution in [2.45, 2.75) is 12.1 Å². The molecule has 0 saturated carbocycles. The highest BCUT2D eigenvalue weighted by Gasteiger charge is 2.61. The fraction of sp³-hybridized carbons (Fsp3) is 0.160. The molecular weight excluding hydrogens is 424 g/mol. The summed E-state index contributed by atoms with van der Waals surface area (Å²) in [6.07, 6.45) is -1.10. The van der Waals surface area contributed by atoms with Crippen LogP contribution in [0.5, 0.6) is 5.75 Å². The van der Waals surface area contributed by atoms with Crippen molar-refractivity contribution >= 4 is 29.2 Å². The minimum absolute atomic E-state index is 0.0451. The third kappa shape index (κ3) is 3.23. The Morgan fingerprint density at radius 1 is 0.909 bits per heavy atom. The van der Waals surface area contributed by atoms with E-state index in [4.69, 9.17) is 9.57 Å². The molecule has 33 heavy (non-hydrogen) atoms. The zero-order valence-electron chi connectivity index (χ0n) is 17.6. The fourth-order valence-corrected chi connectivity index (χ4v) is 4.53. The van der Waals surface area contributed by atoms with Gasteiger partial charge in [-0.3, -0.25) is 14.4 Å². The van der Waals surface area contributed by atoms with Crippen molar-refractivity contribution in [1.82, 2.24) is 0 Å². The number of carboxylic acid groups (broad SMARTS) is 1. The normalized spacial score (nSPS) is 21.9. The van der Waals surface area contributed by atoms with E-state index in [0.29, 0.717) is 22.7 Å². The Morgan fingerprint density at radius 2 is 1.58 bits per heavy atom. The molecule has 0 aromatic heterocycles. The summed E-state index contributed by atoms with van der Waals surface area (Å²) in [6, 6.07) is 21.4. The first-order valence-electron chi connectivity index (χ1n) is 10.4. The van der Waals surface area contributed by atoms with Gasteiger partial charge in [0, 0.05) is 0 Å². The lowest BCUT2D eigenvalue weighted by molar-refractivity contribution is -0.126. The summed E-state index contributed by atoms with van der Waals surface area (Å²) in [5, 5.41) is 11.3. The van der Waals surface area contributed by atoms with Gasteiger partial charge in [-0.1, -0.05) is 48.5 Å². The number of anilines is 2. The second-order valence-electron chi connectivity index (χ2n) is 7.73. The third-order valence-corrected chi connectivity index (χ3v) is 5.96. The number of hydrogen-bond donors (Lipinski definition) is 1. The molecule has 2 fully saturated rings. The zero-order chi connectivity index (χ0) is 23.1. The lowest BCUT2D eigenvalue weighted by Crippen LogP contribution is -2.37. The number of imide groups is 1. The summed E-state index contributed by atoms with van der Waals surface area (Å²) >= 11 is 0. The number of methoxy groups -OCH3 is 1. The van der Waals surface area contributed by atoms with Gasteiger partial charge in [0.05, 0.1) is 30.1 Å². The number of ether oxygens (including phenoxy) is 1. The number of fused-ring (bicyclic) bond motifs is 1. The van der Waals surface area contributed by atoms with E-state index in [2.05, 4.69) is 0 Å². The largest absolute Gasteiger partial charge is 0.495 e. The standard InChI is InChI=1S/C25H20N2O6/c1-32-19-14-8-7-13-18(19)26-23(28)20-21(16-11-5-6-12-17(16)25(30)31)27(33-22(20)24(26)29)15-9-3-2-4-10-15/h2-14,20-22H,1H3,(H,30,31)/t20-,21-,22+/m1/s1. The second kappa shape index (κ2) is 8.07. The average Bonchev–Trinajstić information content (AvgIpc) is 3.35. The molecule has 5 rings (SSSR count). The van der Waals surface area contributed by atoms with Gasteiger partial charge in [-0.05, 0) is 35.9 Å². The van der Waals surface area contributed by atoms with E-state index in [9.17, 15) is 19.5 Å². The van der Waals surface area contributed by atoms with Crippen LogP contribution in [0.3, 0.4) is 0 Å². The van der Waals surface area contributed by atoms with E-state index in [-0.39, 0.29) is 5.56 Å². The van der Waals surface area contributed by atoms with Crippen LogP contribution in [-0.2, 0) is 14.4 Å². The van der Waals surface area contributed by atoms with Gasteiger partial charge in [0.25, 0.3) is 5.91 Å². The first kappa shape index (κ1) is 20.7. The number of hydroxylamine groups is 1. The van der Waals surface area contributed by atoms with Crippen molar-refractivity contribution in [3.05, 3.63) is 90.0 Å². The Hall–Kier alpha value is -4.17. The molecule has 8 heteroatoms. The number of hydrogen-bond acceptors (Lipinski definition) is 6. The lowest BCUT2D eigenvalue weighted by atomic mass is 9.88. The first-order valence-corrected chi connectivity index (χ1v) is 10.4. The fourth-order valence-electron chi connectivity index (χ4n) is 4.53. The van der Waals surface area contributed by atoms with E-state index in [1.165, 1.54) is 18.2 Å². The summed E-state index contributed by atoms with van der Waals surface area (Å²) in [5.74, 6) is -2.69. The molecule has 0 aliphatic carbocycles. The quantitative estimate of drug-likeness (QED) is 0.602. The van der Waals surface area contributed by atoms with Gasteiger partial charge >= 0.3 is 5.97 Å². The van der Waals surface area contributed by atoms with Crippen LogP contribution in [-0.4, -0.2) is 36.1 Å². The highest BCUT2D eigenvalue weighted by atomic mass is 16.7. The molecule has 0 spiro atoms. The summed E-state index contributed by atoms with van der Waals surface area (Å²) in [6.45, 7) is 0. The number of para-hydroxylation sites is 3. The number of aromatic carboxylic acids is 1. The summed E-state index contributed by atoms with van der Waals surface area (Å²) < 4.78 is 5.35. The van der Waals surface area contributed by atoms with E-state index < -0.39 is 35.8 Å². The minimum atomic E-state index is -1.12. The van der Waals surface area contributed by atoms with E-state index in [1.807, 2.05) is 6.07 Å². The number of rotatable bonds is 5. The second-order valence-corrected chi connectivity index (χ2v) is 7.73. The molecule has 2 heterocycles. The van der Waals surface area contributed by atoms with Gasteiger partial charge in [-0.25, -0.2) is 14.8 Å². The molecule has 0 unspecified atom stereocenters. The molecule has 3 aromatic carbocycles. The van der Waals surface area contributed by atoms with Crippen LogP contribution in [0.15, 0.2) is 78.9 Å². The molecular formula is C25H20N2O6. The first-order chi connectivity index (χ1) is 16.0. The highest BCUT2D eigenvalue weighted by Crippen LogP contribution is 2.49. The molecule has 1 N–H and O–H groups in total. The predicted molar refractivity (Wildman–Crippen MR) is 119 cm³/mol. The van der Waals surface area contributed by atoms with Gasteiger partial charge in [-0.15, -0.1) is 0 Å².